The summed E-state index contributed by atoms with van der Waals surface area (Å²) in [7, 11) is 1.43. The van der Waals surface area contributed by atoms with Gasteiger partial charge in [-0.05, 0) is 17.7 Å². The zero-order valence-corrected chi connectivity index (χ0v) is 12.2. The second kappa shape index (κ2) is 4.63. The molecule has 110 valence electrons. The lowest BCUT2D eigenvalue weighted by Gasteiger charge is -2.27. The van der Waals surface area contributed by atoms with E-state index in [2.05, 4.69) is 17.6 Å². The van der Waals surface area contributed by atoms with Gasteiger partial charge in [0.05, 0.1) is 12.6 Å². The number of nitrogens with zero attached hydrogens (tertiary/aromatic N) is 1. The lowest BCUT2D eigenvalue weighted by atomic mass is 9.87. The Hall–Kier alpha value is -2.75. The Labute approximate surface area is 128 Å². The third kappa shape index (κ3) is 1.67. The molecule has 0 aliphatic carbocycles. The summed E-state index contributed by atoms with van der Waals surface area (Å²) in [5.74, 6) is -0.272. The number of aromatic nitrogens is 1. The van der Waals surface area contributed by atoms with Crippen LogP contribution in [0.5, 0.6) is 0 Å². The maximum atomic E-state index is 12.5. The molecule has 1 aliphatic rings. The monoisotopic (exact) mass is 292 g/mol. The molecule has 22 heavy (non-hydrogen) atoms. The van der Waals surface area contributed by atoms with Gasteiger partial charge in [0, 0.05) is 17.5 Å². The molecule has 1 atom stereocenters. The number of ether oxygens (including phenoxy) is 1. The highest BCUT2D eigenvalue weighted by molar-refractivity contribution is 5.89. The van der Waals surface area contributed by atoms with Gasteiger partial charge in [-0.3, -0.25) is 4.68 Å². The summed E-state index contributed by atoms with van der Waals surface area (Å²) in [6.07, 6.45) is 0.568. The maximum Gasteiger partial charge on any atom is 0.338 e. The van der Waals surface area contributed by atoms with Crippen LogP contribution in [0.25, 0.3) is 10.9 Å². The summed E-state index contributed by atoms with van der Waals surface area (Å²) in [6, 6.07) is 20.0. The van der Waals surface area contributed by atoms with E-state index in [-0.39, 0.29) is 5.97 Å². The number of fused-ring (bicyclic) bond motifs is 3. The lowest BCUT2D eigenvalue weighted by molar-refractivity contribution is -0.146. The molecule has 3 aromatic rings. The molecular formula is C18H16N2O2. The highest BCUT2D eigenvalue weighted by Gasteiger charge is 2.47. The quantitative estimate of drug-likeness (QED) is 0.739. The van der Waals surface area contributed by atoms with Gasteiger partial charge >= 0.3 is 5.97 Å². The highest BCUT2D eigenvalue weighted by atomic mass is 16.5. The smallest absolute Gasteiger partial charge is 0.338 e. The lowest BCUT2D eigenvalue weighted by Crippen LogP contribution is -2.45. The fourth-order valence-electron chi connectivity index (χ4n) is 3.28. The molecular weight excluding hydrogens is 276 g/mol. The summed E-state index contributed by atoms with van der Waals surface area (Å²) in [5, 5.41) is 1.16. The highest BCUT2D eigenvalue weighted by Crippen LogP contribution is 2.36. The van der Waals surface area contributed by atoms with Gasteiger partial charge in [0.25, 0.3) is 0 Å². The molecule has 0 saturated carbocycles. The Bertz CT molecular complexity index is 854. The van der Waals surface area contributed by atoms with Crippen molar-refractivity contribution in [3.63, 3.8) is 0 Å². The van der Waals surface area contributed by atoms with Gasteiger partial charge in [-0.25, -0.2) is 4.79 Å². The van der Waals surface area contributed by atoms with E-state index in [9.17, 15) is 4.79 Å². The number of para-hydroxylation sites is 1. The van der Waals surface area contributed by atoms with Crippen LogP contribution in [0.3, 0.4) is 0 Å². The fraction of sp³-hybridized carbons (Fsp3) is 0.167. The van der Waals surface area contributed by atoms with E-state index in [1.165, 1.54) is 7.11 Å². The van der Waals surface area contributed by atoms with Gasteiger partial charge in [0.2, 0.25) is 0 Å². The summed E-state index contributed by atoms with van der Waals surface area (Å²) in [5.41, 5.74) is 5.57. The van der Waals surface area contributed by atoms with Crippen LogP contribution in [-0.2, 0) is 21.5 Å². The second-order valence-electron chi connectivity index (χ2n) is 5.58. The number of methoxy groups -OCH3 is 1. The van der Waals surface area contributed by atoms with Crippen LogP contribution in [0.2, 0.25) is 0 Å². The standard InChI is InChI=1S/C18H16N2O2/c1-22-17(21)18(14-8-3-2-4-9-14)12-15-11-13-7-5-6-10-16(13)20(15)19-18/h2-11,19H,12H2,1H3/t18-/m1/s1. The number of hydrogen-bond acceptors (Lipinski definition) is 3. The molecule has 4 nitrogen and oxygen atoms in total. The minimum atomic E-state index is -0.866. The zero-order chi connectivity index (χ0) is 15.2. The molecule has 0 bridgehead atoms. The number of rotatable bonds is 2. The zero-order valence-electron chi connectivity index (χ0n) is 12.2. The number of benzene rings is 2. The Kier molecular flexibility index (Phi) is 2.73. The summed E-state index contributed by atoms with van der Waals surface area (Å²) in [4.78, 5) is 12.5. The number of esters is 1. The van der Waals surface area contributed by atoms with Gasteiger partial charge < -0.3 is 10.2 Å². The van der Waals surface area contributed by atoms with E-state index in [0.717, 1.165) is 22.2 Å². The number of carbonyl (C=O) groups excluding carboxylic acids is 1. The van der Waals surface area contributed by atoms with Crippen LogP contribution >= 0.6 is 0 Å². The van der Waals surface area contributed by atoms with Gasteiger partial charge in [0.1, 0.15) is 0 Å². The number of carbonyl (C=O) groups is 1. The van der Waals surface area contributed by atoms with Crippen LogP contribution < -0.4 is 5.43 Å². The minimum Gasteiger partial charge on any atom is -0.467 e. The van der Waals surface area contributed by atoms with Crippen molar-refractivity contribution in [3.8, 4) is 0 Å². The predicted octanol–water partition coefficient (Wildman–Crippen LogP) is 2.81. The van der Waals surface area contributed by atoms with Crippen molar-refractivity contribution in [3.05, 3.63) is 71.9 Å². The van der Waals surface area contributed by atoms with Crippen molar-refractivity contribution in [2.45, 2.75) is 12.0 Å². The Balaban J connectivity index is 1.87. The third-order valence-electron chi connectivity index (χ3n) is 4.34. The SMILES string of the molecule is COC(=O)[C@]1(c2ccccc2)Cc2cc3ccccc3n2N1. The second-order valence-corrected chi connectivity index (χ2v) is 5.58. The normalized spacial score (nSPS) is 19.7. The third-order valence-corrected chi connectivity index (χ3v) is 4.34. The Morgan fingerprint density at radius 1 is 1.14 bits per heavy atom. The van der Waals surface area contributed by atoms with Crippen LogP contribution in [-0.4, -0.2) is 17.8 Å². The first-order valence-electron chi connectivity index (χ1n) is 7.26. The van der Waals surface area contributed by atoms with E-state index >= 15 is 0 Å². The predicted molar refractivity (Wildman–Crippen MR) is 85.1 cm³/mol. The Morgan fingerprint density at radius 3 is 2.64 bits per heavy atom. The molecule has 4 heteroatoms. The van der Waals surface area contributed by atoms with Crippen molar-refractivity contribution in [2.75, 3.05) is 12.5 Å². The fourth-order valence-corrected chi connectivity index (χ4v) is 3.28. The molecule has 1 N–H and O–H groups in total. The topological polar surface area (TPSA) is 43.3 Å². The molecule has 0 unspecified atom stereocenters. The van der Waals surface area contributed by atoms with E-state index < -0.39 is 5.54 Å². The van der Waals surface area contributed by atoms with Crippen molar-refractivity contribution in [1.82, 2.24) is 4.68 Å². The van der Waals surface area contributed by atoms with Gasteiger partial charge in [-0.1, -0.05) is 48.5 Å². The molecule has 1 aromatic heterocycles. The van der Waals surface area contributed by atoms with E-state index in [0.29, 0.717) is 6.42 Å². The van der Waals surface area contributed by atoms with Crippen LogP contribution in [0, 0.1) is 0 Å². The molecule has 0 amide bonds. The van der Waals surface area contributed by atoms with Crippen LogP contribution in [0.15, 0.2) is 60.7 Å². The van der Waals surface area contributed by atoms with Crippen molar-refractivity contribution < 1.29 is 9.53 Å². The molecule has 2 heterocycles. The molecule has 0 saturated heterocycles. The summed E-state index contributed by atoms with van der Waals surface area (Å²) >= 11 is 0. The van der Waals surface area contributed by atoms with Crippen LogP contribution in [0.1, 0.15) is 11.3 Å². The summed E-state index contributed by atoms with van der Waals surface area (Å²) < 4.78 is 7.09. The van der Waals surface area contributed by atoms with Gasteiger partial charge in [0.15, 0.2) is 5.54 Å². The van der Waals surface area contributed by atoms with Gasteiger partial charge in [-0.2, -0.15) is 0 Å². The van der Waals surface area contributed by atoms with Crippen LogP contribution in [0.4, 0.5) is 0 Å². The average molecular weight is 292 g/mol. The van der Waals surface area contributed by atoms with E-state index in [4.69, 9.17) is 4.74 Å². The van der Waals surface area contributed by atoms with Crippen molar-refractivity contribution >= 4 is 16.9 Å². The largest absolute Gasteiger partial charge is 0.467 e. The Morgan fingerprint density at radius 2 is 1.86 bits per heavy atom. The molecule has 1 aliphatic heterocycles. The molecule has 0 fully saturated rings. The summed E-state index contributed by atoms with van der Waals surface area (Å²) in [6.45, 7) is 0. The van der Waals surface area contributed by atoms with Crippen molar-refractivity contribution in [1.29, 1.82) is 0 Å². The average Bonchev–Trinajstić information content (AvgIpc) is 3.10. The number of hydrogen-bond donors (Lipinski definition) is 1. The molecule has 2 aromatic carbocycles. The van der Waals surface area contributed by atoms with Gasteiger partial charge in [-0.15, -0.1) is 0 Å². The maximum absolute atomic E-state index is 12.5. The first-order valence-corrected chi connectivity index (χ1v) is 7.26. The number of nitrogens with one attached hydrogen (secondary N) is 1. The molecule has 0 spiro atoms. The first-order chi connectivity index (χ1) is 10.7. The minimum absolute atomic E-state index is 0.272. The molecule has 0 radical (unpaired) electrons. The van der Waals surface area contributed by atoms with Crippen molar-refractivity contribution in [2.24, 2.45) is 0 Å². The molecule has 4 rings (SSSR count). The van der Waals surface area contributed by atoms with E-state index in [1.807, 2.05) is 53.2 Å². The first kappa shape index (κ1) is 13.0. The van der Waals surface area contributed by atoms with E-state index in [1.54, 1.807) is 0 Å².